The van der Waals surface area contributed by atoms with E-state index in [9.17, 15) is 9.18 Å². The Hall–Kier alpha value is -2.28. The van der Waals surface area contributed by atoms with Gasteiger partial charge in [0, 0.05) is 25.6 Å². The number of aromatic nitrogens is 3. The third-order valence-electron chi connectivity index (χ3n) is 3.74. The molecule has 1 aromatic heterocycles. The largest absolute Gasteiger partial charge is 0.335 e. The molecule has 1 unspecified atom stereocenters. The van der Waals surface area contributed by atoms with Crippen molar-refractivity contribution in [3.05, 3.63) is 41.7 Å². The summed E-state index contributed by atoms with van der Waals surface area (Å²) in [6, 6.07) is 6.15. The van der Waals surface area contributed by atoms with E-state index in [1.165, 1.54) is 15.6 Å². The Morgan fingerprint density at radius 1 is 1.35 bits per heavy atom. The highest BCUT2D eigenvalue weighted by molar-refractivity contribution is 5.90. The minimum Gasteiger partial charge on any atom is -0.335 e. The van der Waals surface area contributed by atoms with Crippen molar-refractivity contribution in [2.75, 3.05) is 13.6 Å². The molecule has 0 radical (unpaired) electrons. The average Bonchev–Trinajstić information content (AvgIpc) is 2.98. The zero-order valence-electron chi connectivity index (χ0n) is 13.8. The summed E-state index contributed by atoms with van der Waals surface area (Å²) in [7, 11) is 1.65. The van der Waals surface area contributed by atoms with Gasteiger partial charge >= 0.3 is 0 Å². The lowest BCUT2D eigenvalue weighted by Gasteiger charge is -2.21. The normalized spacial score (nSPS) is 12.5. The predicted molar refractivity (Wildman–Crippen MR) is 86.0 cm³/mol. The first-order valence-electron chi connectivity index (χ1n) is 7.55. The Balaban J connectivity index is 2.48. The summed E-state index contributed by atoms with van der Waals surface area (Å²) in [4.78, 5) is 18.3. The minimum atomic E-state index is -0.415. The molecule has 0 aliphatic rings. The molecule has 1 atom stereocenters. The number of nitrogens with two attached hydrogens (primary N) is 1. The van der Waals surface area contributed by atoms with Gasteiger partial charge in [0.1, 0.15) is 17.3 Å². The van der Waals surface area contributed by atoms with Gasteiger partial charge in [-0.1, -0.05) is 26.0 Å². The Morgan fingerprint density at radius 2 is 2.00 bits per heavy atom. The van der Waals surface area contributed by atoms with Gasteiger partial charge in [-0.15, -0.1) is 5.10 Å². The Morgan fingerprint density at radius 3 is 2.57 bits per heavy atom. The fourth-order valence-corrected chi connectivity index (χ4v) is 2.11. The molecule has 2 N–H and O–H groups in total. The first-order valence-corrected chi connectivity index (χ1v) is 7.55. The lowest BCUT2D eigenvalue weighted by Crippen LogP contribution is -2.40. The molecule has 0 fully saturated rings. The Labute approximate surface area is 135 Å². The number of carbonyl (C=O) groups is 1. The minimum absolute atomic E-state index is 0.0131. The van der Waals surface area contributed by atoms with Gasteiger partial charge in [-0.05, 0) is 19.1 Å². The van der Waals surface area contributed by atoms with Crippen LogP contribution in [0.25, 0.3) is 5.69 Å². The fraction of sp³-hybridized carbons (Fsp3) is 0.438. The summed E-state index contributed by atoms with van der Waals surface area (Å²) >= 11 is 0. The number of carbonyl (C=O) groups excluding carboxylic acids is 1. The van der Waals surface area contributed by atoms with E-state index < -0.39 is 5.82 Å². The topological polar surface area (TPSA) is 77.0 Å². The number of nitrogens with zero attached hydrogens (tertiary/aromatic N) is 4. The van der Waals surface area contributed by atoms with Crippen molar-refractivity contribution in [1.29, 1.82) is 0 Å². The summed E-state index contributed by atoms with van der Waals surface area (Å²) in [6.07, 6.45) is 0. The van der Waals surface area contributed by atoms with Gasteiger partial charge in [0.25, 0.3) is 5.91 Å². The molecule has 0 bridgehead atoms. The number of rotatable bonds is 5. The number of hydrogen-bond acceptors (Lipinski definition) is 4. The molecular weight excluding hydrogens is 297 g/mol. The molecule has 2 rings (SSSR count). The van der Waals surface area contributed by atoms with Crippen molar-refractivity contribution in [2.24, 2.45) is 5.73 Å². The molecule has 0 aliphatic carbocycles. The van der Waals surface area contributed by atoms with Gasteiger partial charge in [-0.3, -0.25) is 4.79 Å². The molecule has 1 amide bonds. The molecule has 1 heterocycles. The van der Waals surface area contributed by atoms with E-state index in [0.29, 0.717) is 12.4 Å². The van der Waals surface area contributed by atoms with Gasteiger partial charge in [0.05, 0.1) is 0 Å². The lowest BCUT2D eigenvalue weighted by molar-refractivity contribution is 0.0736. The zero-order chi connectivity index (χ0) is 17.1. The van der Waals surface area contributed by atoms with Crippen molar-refractivity contribution >= 4 is 5.91 Å². The molecule has 124 valence electrons. The number of para-hydroxylation sites is 1. The van der Waals surface area contributed by atoms with Crippen LogP contribution in [0.15, 0.2) is 24.3 Å². The maximum Gasteiger partial charge on any atom is 0.293 e. The van der Waals surface area contributed by atoms with Crippen molar-refractivity contribution < 1.29 is 9.18 Å². The van der Waals surface area contributed by atoms with E-state index in [1.54, 1.807) is 25.2 Å². The molecule has 0 saturated carbocycles. The van der Waals surface area contributed by atoms with Crippen LogP contribution in [0.1, 0.15) is 43.1 Å². The summed E-state index contributed by atoms with van der Waals surface area (Å²) in [6.45, 7) is 6.02. The summed E-state index contributed by atoms with van der Waals surface area (Å²) in [5.41, 5.74) is 5.87. The zero-order valence-corrected chi connectivity index (χ0v) is 13.8. The molecule has 0 spiro atoms. The van der Waals surface area contributed by atoms with Crippen molar-refractivity contribution in [3.8, 4) is 5.69 Å². The molecule has 2 aromatic rings. The number of hydrogen-bond donors (Lipinski definition) is 1. The van der Waals surface area contributed by atoms with E-state index in [2.05, 4.69) is 10.1 Å². The maximum atomic E-state index is 14.1. The molecular formula is C16H22FN5O. The molecule has 0 saturated heterocycles. The predicted octanol–water partition coefficient (Wildman–Crippen LogP) is 1.95. The second-order valence-corrected chi connectivity index (χ2v) is 5.81. The van der Waals surface area contributed by atoms with Gasteiger partial charge in [-0.25, -0.2) is 14.1 Å². The monoisotopic (exact) mass is 319 g/mol. The second-order valence-electron chi connectivity index (χ2n) is 5.81. The third kappa shape index (κ3) is 3.39. The van der Waals surface area contributed by atoms with Gasteiger partial charge < -0.3 is 10.6 Å². The quantitative estimate of drug-likeness (QED) is 0.914. The first kappa shape index (κ1) is 17.1. The SMILES string of the molecule is CC(C)c1nc(C(=O)N(C)C(C)CN)nn1-c1ccccc1F. The maximum absolute atomic E-state index is 14.1. The van der Waals surface area contributed by atoms with Crippen LogP contribution in [-0.2, 0) is 0 Å². The lowest BCUT2D eigenvalue weighted by atomic mass is 10.2. The number of halogens is 1. The number of amides is 1. The third-order valence-corrected chi connectivity index (χ3v) is 3.74. The first-order chi connectivity index (χ1) is 10.9. The van der Waals surface area contributed by atoms with Crippen molar-refractivity contribution in [3.63, 3.8) is 0 Å². The van der Waals surface area contributed by atoms with E-state index in [0.717, 1.165) is 0 Å². The average molecular weight is 319 g/mol. The van der Waals surface area contributed by atoms with Crippen LogP contribution >= 0.6 is 0 Å². The molecule has 7 heteroatoms. The van der Waals surface area contributed by atoms with Crippen molar-refractivity contribution in [1.82, 2.24) is 19.7 Å². The van der Waals surface area contributed by atoms with Gasteiger partial charge in [0.2, 0.25) is 5.82 Å². The smallest absolute Gasteiger partial charge is 0.293 e. The standard InChI is InChI=1S/C16H22FN5O/c1-10(2)15-19-14(16(23)21(4)11(3)9-18)20-22(15)13-8-6-5-7-12(13)17/h5-8,10-11H,9,18H2,1-4H3. The van der Waals surface area contributed by atoms with E-state index in [-0.39, 0.29) is 29.4 Å². The Kier molecular flexibility index (Phi) is 5.10. The van der Waals surface area contributed by atoms with Crippen LogP contribution in [0, 0.1) is 5.82 Å². The second kappa shape index (κ2) is 6.87. The summed E-state index contributed by atoms with van der Waals surface area (Å²) in [5, 5.41) is 4.23. The van der Waals surface area contributed by atoms with Crippen molar-refractivity contribution in [2.45, 2.75) is 32.7 Å². The number of benzene rings is 1. The van der Waals surface area contributed by atoms with Crippen LogP contribution in [0.5, 0.6) is 0 Å². The highest BCUT2D eigenvalue weighted by Gasteiger charge is 2.24. The van der Waals surface area contributed by atoms with E-state index in [1.807, 2.05) is 20.8 Å². The van der Waals surface area contributed by atoms with Crippen LogP contribution in [0.3, 0.4) is 0 Å². The summed E-state index contributed by atoms with van der Waals surface area (Å²) < 4.78 is 15.5. The van der Waals surface area contributed by atoms with E-state index >= 15 is 0 Å². The van der Waals surface area contributed by atoms with Gasteiger partial charge in [-0.2, -0.15) is 0 Å². The van der Waals surface area contributed by atoms with Crippen LogP contribution in [0.2, 0.25) is 0 Å². The highest BCUT2D eigenvalue weighted by atomic mass is 19.1. The van der Waals surface area contributed by atoms with Crippen LogP contribution in [0.4, 0.5) is 4.39 Å². The van der Waals surface area contributed by atoms with Crippen LogP contribution in [-0.4, -0.2) is 45.2 Å². The van der Waals surface area contributed by atoms with E-state index in [4.69, 9.17) is 5.73 Å². The van der Waals surface area contributed by atoms with Crippen LogP contribution < -0.4 is 5.73 Å². The Bertz CT molecular complexity index is 698. The number of likely N-dealkylation sites (N-methyl/N-ethyl adjacent to an activating group) is 1. The molecule has 0 aliphatic heterocycles. The van der Waals surface area contributed by atoms with Gasteiger partial charge in [0.15, 0.2) is 0 Å². The highest BCUT2D eigenvalue weighted by Crippen LogP contribution is 2.20. The molecule has 6 nitrogen and oxygen atoms in total. The molecule has 1 aromatic carbocycles. The molecule has 23 heavy (non-hydrogen) atoms. The summed E-state index contributed by atoms with van der Waals surface area (Å²) in [5.74, 6) is -0.185. The fourth-order valence-electron chi connectivity index (χ4n) is 2.11.